The summed E-state index contributed by atoms with van der Waals surface area (Å²) in [7, 11) is 3.15. The number of anilines is 1. The molecule has 1 aromatic heterocycles. The van der Waals surface area contributed by atoms with Gasteiger partial charge < -0.3 is 9.64 Å². The fourth-order valence-corrected chi connectivity index (χ4v) is 2.65. The molecule has 0 fully saturated rings. The summed E-state index contributed by atoms with van der Waals surface area (Å²) in [6.07, 6.45) is 0. The Kier molecular flexibility index (Phi) is 4.86. The maximum Gasteiger partial charge on any atom is 0.325 e. The summed E-state index contributed by atoms with van der Waals surface area (Å²) in [6, 6.07) is 5.35. The lowest BCUT2D eigenvalue weighted by atomic mass is 10.2. The predicted octanol–water partition coefficient (Wildman–Crippen LogP) is 3.73. The first-order valence-electron chi connectivity index (χ1n) is 5.70. The van der Waals surface area contributed by atoms with E-state index in [-0.39, 0.29) is 12.5 Å². The molecule has 0 saturated carbocycles. The van der Waals surface area contributed by atoms with Crippen LogP contribution in [0.25, 0.3) is 11.3 Å². The molecule has 0 radical (unpaired) electrons. The zero-order valence-electron chi connectivity index (χ0n) is 10.9. The SMILES string of the molecule is COC(=O)CN(C)c1nc(-c2ccc(Cl)c(Cl)c2)cs1. The number of hydrogen-bond donors (Lipinski definition) is 0. The van der Waals surface area contributed by atoms with Crippen LogP contribution in [-0.4, -0.2) is 31.7 Å². The van der Waals surface area contributed by atoms with Gasteiger partial charge in [-0.25, -0.2) is 4.98 Å². The van der Waals surface area contributed by atoms with Gasteiger partial charge in [-0.05, 0) is 12.1 Å². The Bertz CT molecular complexity index is 631. The van der Waals surface area contributed by atoms with Crippen molar-refractivity contribution in [3.63, 3.8) is 0 Å². The standard InChI is InChI=1S/C13H12Cl2N2O2S/c1-17(6-12(18)19-2)13-16-11(7-20-13)8-3-4-9(14)10(15)5-8/h3-5,7H,6H2,1-2H3. The van der Waals surface area contributed by atoms with Crippen molar-refractivity contribution in [2.24, 2.45) is 0 Å². The Morgan fingerprint density at radius 1 is 1.40 bits per heavy atom. The molecule has 106 valence electrons. The largest absolute Gasteiger partial charge is 0.468 e. The van der Waals surface area contributed by atoms with Crippen molar-refractivity contribution in [3.05, 3.63) is 33.6 Å². The molecule has 4 nitrogen and oxygen atoms in total. The summed E-state index contributed by atoms with van der Waals surface area (Å²) in [4.78, 5) is 17.4. The molecule has 0 saturated heterocycles. The van der Waals surface area contributed by atoms with Crippen LogP contribution in [0.1, 0.15) is 0 Å². The fraction of sp³-hybridized carbons (Fsp3) is 0.231. The van der Waals surface area contributed by atoms with E-state index in [1.165, 1.54) is 18.4 Å². The Hall–Kier alpha value is -1.30. The molecule has 0 unspecified atom stereocenters. The highest BCUT2D eigenvalue weighted by atomic mass is 35.5. The van der Waals surface area contributed by atoms with E-state index in [2.05, 4.69) is 9.72 Å². The first-order chi connectivity index (χ1) is 9.51. The average molecular weight is 331 g/mol. The van der Waals surface area contributed by atoms with Crippen molar-refractivity contribution in [3.8, 4) is 11.3 Å². The number of hydrogen-bond acceptors (Lipinski definition) is 5. The number of benzene rings is 1. The minimum atomic E-state index is -0.307. The van der Waals surface area contributed by atoms with Crippen LogP contribution in [0.5, 0.6) is 0 Å². The summed E-state index contributed by atoms with van der Waals surface area (Å²) < 4.78 is 4.63. The van der Waals surface area contributed by atoms with Crippen molar-refractivity contribution in [1.82, 2.24) is 4.98 Å². The number of nitrogens with zero attached hydrogens (tertiary/aromatic N) is 2. The lowest BCUT2D eigenvalue weighted by molar-refractivity contribution is -0.138. The maximum atomic E-state index is 11.2. The van der Waals surface area contributed by atoms with Gasteiger partial charge in [0.15, 0.2) is 5.13 Å². The van der Waals surface area contributed by atoms with Crippen LogP contribution in [0.3, 0.4) is 0 Å². The normalized spacial score (nSPS) is 10.4. The summed E-state index contributed by atoms with van der Waals surface area (Å²) in [5.74, 6) is -0.307. The van der Waals surface area contributed by atoms with Crippen LogP contribution in [-0.2, 0) is 9.53 Å². The molecule has 2 rings (SSSR count). The van der Waals surface area contributed by atoms with Crippen molar-refractivity contribution in [1.29, 1.82) is 0 Å². The zero-order valence-corrected chi connectivity index (χ0v) is 13.2. The highest BCUT2D eigenvalue weighted by molar-refractivity contribution is 7.14. The van der Waals surface area contributed by atoms with Crippen LogP contribution in [0, 0.1) is 0 Å². The molecule has 0 aliphatic rings. The number of methoxy groups -OCH3 is 1. The van der Waals surface area contributed by atoms with Crippen LogP contribution in [0.4, 0.5) is 5.13 Å². The number of thiazole rings is 1. The van der Waals surface area contributed by atoms with Gasteiger partial charge in [0.2, 0.25) is 0 Å². The number of aromatic nitrogens is 1. The van der Waals surface area contributed by atoms with E-state index < -0.39 is 0 Å². The molecule has 20 heavy (non-hydrogen) atoms. The zero-order chi connectivity index (χ0) is 14.7. The molecule has 0 aliphatic heterocycles. The quantitative estimate of drug-likeness (QED) is 0.801. The molecule has 0 aliphatic carbocycles. The molecule has 0 spiro atoms. The van der Waals surface area contributed by atoms with Crippen LogP contribution in [0.2, 0.25) is 10.0 Å². The fourth-order valence-electron chi connectivity index (χ4n) is 1.55. The molecule has 2 aromatic rings. The third kappa shape index (κ3) is 3.42. The second kappa shape index (κ2) is 6.43. The number of ether oxygens (including phenoxy) is 1. The number of esters is 1. The number of rotatable bonds is 4. The van der Waals surface area contributed by atoms with Gasteiger partial charge in [0.25, 0.3) is 0 Å². The molecular weight excluding hydrogens is 319 g/mol. The number of carbonyl (C=O) groups is 1. The number of halogens is 2. The van der Waals surface area contributed by atoms with E-state index in [0.717, 1.165) is 16.4 Å². The van der Waals surface area contributed by atoms with Crippen LogP contribution >= 0.6 is 34.5 Å². The van der Waals surface area contributed by atoms with Gasteiger partial charge >= 0.3 is 5.97 Å². The molecule has 1 aromatic carbocycles. The minimum Gasteiger partial charge on any atom is -0.468 e. The highest BCUT2D eigenvalue weighted by Gasteiger charge is 2.12. The highest BCUT2D eigenvalue weighted by Crippen LogP contribution is 2.31. The van der Waals surface area contributed by atoms with E-state index in [0.29, 0.717) is 10.0 Å². The number of carbonyl (C=O) groups excluding carboxylic acids is 1. The topological polar surface area (TPSA) is 42.4 Å². The minimum absolute atomic E-state index is 0.158. The molecule has 0 amide bonds. The van der Waals surface area contributed by atoms with E-state index >= 15 is 0 Å². The Labute approximate surface area is 130 Å². The van der Waals surface area contributed by atoms with E-state index in [4.69, 9.17) is 23.2 Å². The molecule has 0 N–H and O–H groups in total. The van der Waals surface area contributed by atoms with Gasteiger partial charge in [-0.3, -0.25) is 4.79 Å². The second-order valence-corrected chi connectivity index (χ2v) is 5.73. The smallest absolute Gasteiger partial charge is 0.325 e. The summed E-state index contributed by atoms with van der Waals surface area (Å²) in [5, 5.41) is 3.63. The van der Waals surface area contributed by atoms with Crippen molar-refractivity contribution in [2.75, 3.05) is 25.6 Å². The van der Waals surface area contributed by atoms with Gasteiger partial charge in [0, 0.05) is 18.0 Å². The van der Waals surface area contributed by atoms with Crippen molar-refractivity contribution >= 4 is 45.6 Å². The van der Waals surface area contributed by atoms with E-state index in [9.17, 15) is 4.79 Å². The Balaban J connectivity index is 2.19. The number of likely N-dealkylation sites (N-methyl/N-ethyl adjacent to an activating group) is 1. The van der Waals surface area contributed by atoms with Gasteiger partial charge in [-0.2, -0.15) is 0 Å². The summed E-state index contributed by atoms with van der Waals surface area (Å²) in [6.45, 7) is 0.158. The van der Waals surface area contributed by atoms with Gasteiger partial charge in [0.1, 0.15) is 6.54 Å². The van der Waals surface area contributed by atoms with Crippen LogP contribution < -0.4 is 4.90 Å². The molecule has 0 atom stereocenters. The first-order valence-corrected chi connectivity index (χ1v) is 7.33. The maximum absolute atomic E-state index is 11.2. The van der Waals surface area contributed by atoms with Crippen molar-refractivity contribution < 1.29 is 9.53 Å². The lowest BCUT2D eigenvalue weighted by Gasteiger charge is -2.13. The molecule has 7 heteroatoms. The van der Waals surface area contributed by atoms with E-state index in [1.54, 1.807) is 24.1 Å². The lowest BCUT2D eigenvalue weighted by Crippen LogP contribution is -2.26. The summed E-state index contributed by atoms with van der Waals surface area (Å²) in [5.41, 5.74) is 1.67. The predicted molar refractivity (Wildman–Crippen MR) is 82.9 cm³/mol. The third-order valence-corrected chi connectivity index (χ3v) is 4.32. The monoisotopic (exact) mass is 330 g/mol. The second-order valence-electron chi connectivity index (χ2n) is 4.08. The molecule has 1 heterocycles. The van der Waals surface area contributed by atoms with Gasteiger partial charge in [-0.15, -0.1) is 11.3 Å². The third-order valence-electron chi connectivity index (χ3n) is 2.63. The average Bonchev–Trinajstić information content (AvgIpc) is 2.91. The Morgan fingerprint density at radius 2 is 2.15 bits per heavy atom. The van der Waals surface area contributed by atoms with Gasteiger partial charge in [-0.1, -0.05) is 29.3 Å². The van der Waals surface area contributed by atoms with Gasteiger partial charge in [0.05, 0.1) is 22.8 Å². The van der Waals surface area contributed by atoms with E-state index in [1.807, 2.05) is 11.4 Å². The Morgan fingerprint density at radius 3 is 2.80 bits per heavy atom. The molecular formula is C13H12Cl2N2O2S. The summed E-state index contributed by atoms with van der Waals surface area (Å²) >= 11 is 13.3. The van der Waals surface area contributed by atoms with Crippen LogP contribution in [0.15, 0.2) is 23.6 Å². The first kappa shape index (κ1) is 15.1. The molecule has 0 bridgehead atoms. The van der Waals surface area contributed by atoms with Crippen molar-refractivity contribution in [2.45, 2.75) is 0 Å².